The molecule has 2 aliphatic carbocycles. The highest BCUT2D eigenvalue weighted by Gasteiger charge is 2.61. The third-order valence-corrected chi connectivity index (χ3v) is 3.76. The predicted molar refractivity (Wildman–Crippen MR) is 49.5 cm³/mol. The summed E-state index contributed by atoms with van der Waals surface area (Å²) in [6, 6.07) is 0. The van der Waals surface area contributed by atoms with E-state index in [1.54, 1.807) is 7.11 Å². The van der Waals surface area contributed by atoms with Gasteiger partial charge < -0.3 is 4.74 Å². The fourth-order valence-corrected chi connectivity index (χ4v) is 2.80. The van der Waals surface area contributed by atoms with Crippen LogP contribution in [-0.2, 0) is 9.47 Å². The van der Waals surface area contributed by atoms with E-state index in [1.165, 1.54) is 19.3 Å². The third-order valence-electron chi connectivity index (χ3n) is 3.76. The Hall–Kier alpha value is -0.480. The van der Waals surface area contributed by atoms with E-state index in [9.17, 15) is 0 Å². The van der Waals surface area contributed by atoms with Crippen molar-refractivity contribution in [2.24, 2.45) is 22.1 Å². The van der Waals surface area contributed by atoms with Crippen LogP contribution in [0, 0.1) is 11.8 Å². The summed E-state index contributed by atoms with van der Waals surface area (Å²) < 4.78 is 11.1. The summed E-state index contributed by atoms with van der Waals surface area (Å²) in [4.78, 5) is 0. The number of hydrogen-bond donors (Lipinski definition) is 0. The quantitative estimate of drug-likeness (QED) is 0.645. The van der Waals surface area contributed by atoms with Gasteiger partial charge in [0.2, 0.25) is 0 Å². The van der Waals surface area contributed by atoms with Crippen LogP contribution in [0.15, 0.2) is 10.2 Å². The zero-order chi connectivity index (χ0) is 9.81. The largest absolute Gasteiger partial charge is 0.334 e. The Balaban J connectivity index is 1.83. The topological polar surface area (TPSA) is 43.2 Å². The highest BCUT2D eigenvalue weighted by Crippen LogP contribution is 2.59. The van der Waals surface area contributed by atoms with E-state index in [1.807, 2.05) is 6.92 Å². The summed E-state index contributed by atoms with van der Waals surface area (Å²) in [5.74, 6) is 0.615. The lowest BCUT2D eigenvalue weighted by molar-refractivity contribution is -0.246. The molecule has 0 bridgehead atoms. The first-order valence-electron chi connectivity index (χ1n) is 5.37. The first-order valence-corrected chi connectivity index (χ1v) is 5.37. The molecule has 1 spiro atoms. The fourth-order valence-electron chi connectivity index (χ4n) is 2.80. The van der Waals surface area contributed by atoms with Crippen LogP contribution in [0.1, 0.15) is 32.6 Å². The maximum absolute atomic E-state index is 5.92. The fraction of sp³-hybridized carbons (Fsp3) is 1.00. The lowest BCUT2D eigenvalue weighted by Crippen LogP contribution is -2.39. The van der Waals surface area contributed by atoms with E-state index in [-0.39, 0.29) is 5.72 Å². The molecule has 4 nitrogen and oxygen atoms in total. The Bertz CT molecular complexity index is 294. The van der Waals surface area contributed by atoms with Gasteiger partial charge in [0, 0.05) is 20.0 Å². The number of hydrogen-bond acceptors (Lipinski definition) is 4. The highest BCUT2D eigenvalue weighted by molar-refractivity contribution is 5.05. The van der Waals surface area contributed by atoms with E-state index in [0.29, 0.717) is 5.92 Å². The van der Waals surface area contributed by atoms with E-state index in [2.05, 4.69) is 10.2 Å². The summed E-state index contributed by atoms with van der Waals surface area (Å²) in [6.45, 7) is 1.83. The van der Waals surface area contributed by atoms with Gasteiger partial charge in [0.05, 0.1) is 0 Å². The van der Waals surface area contributed by atoms with Crippen LogP contribution in [0.2, 0.25) is 0 Å². The van der Waals surface area contributed by atoms with E-state index in [0.717, 1.165) is 12.3 Å². The van der Waals surface area contributed by atoms with E-state index in [4.69, 9.17) is 9.47 Å². The molecule has 1 unspecified atom stereocenters. The molecule has 0 radical (unpaired) electrons. The van der Waals surface area contributed by atoms with Crippen LogP contribution >= 0.6 is 0 Å². The summed E-state index contributed by atoms with van der Waals surface area (Å²) >= 11 is 0. The van der Waals surface area contributed by atoms with Crippen molar-refractivity contribution in [3.63, 3.8) is 0 Å². The second kappa shape index (κ2) is 2.55. The Labute approximate surface area is 83.7 Å². The van der Waals surface area contributed by atoms with Gasteiger partial charge in [0.15, 0.2) is 5.72 Å². The van der Waals surface area contributed by atoms with E-state index >= 15 is 0 Å². The summed E-state index contributed by atoms with van der Waals surface area (Å²) in [5, 5.41) is 8.47. The molecule has 0 aromatic rings. The van der Waals surface area contributed by atoms with Crippen LogP contribution in [0.5, 0.6) is 0 Å². The molecule has 1 heterocycles. The van der Waals surface area contributed by atoms with Crippen molar-refractivity contribution in [1.82, 2.24) is 0 Å². The molecule has 2 saturated carbocycles. The number of rotatable bonds is 1. The number of methoxy groups -OCH3 is 1. The maximum atomic E-state index is 5.92. The van der Waals surface area contributed by atoms with Gasteiger partial charge in [0.1, 0.15) is 0 Å². The number of azo groups is 1. The Morgan fingerprint density at radius 2 is 2.29 bits per heavy atom. The molecule has 4 heteroatoms. The van der Waals surface area contributed by atoms with Crippen LogP contribution < -0.4 is 0 Å². The van der Waals surface area contributed by atoms with Crippen molar-refractivity contribution in [2.75, 3.05) is 7.11 Å². The first-order chi connectivity index (χ1) is 6.68. The van der Waals surface area contributed by atoms with Crippen molar-refractivity contribution in [3.05, 3.63) is 0 Å². The summed E-state index contributed by atoms with van der Waals surface area (Å²) in [6.07, 6.45) is 4.82. The van der Waals surface area contributed by atoms with Gasteiger partial charge >= 0.3 is 0 Å². The van der Waals surface area contributed by atoms with Crippen LogP contribution in [0.25, 0.3) is 0 Å². The molecule has 1 aliphatic heterocycles. The summed E-state index contributed by atoms with van der Waals surface area (Å²) in [5.41, 5.74) is -0.326. The first kappa shape index (κ1) is 8.80. The minimum absolute atomic E-state index is 0.326. The summed E-state index contributed by atoms with van der Waals surface area (Å²) in [7, 11) is 1.62. The molecule has 0 amide bonds. The minimum Gasteiger partial charge on any atom is -0.334 e. The predicted octanol–water partition coefficient (Wildman–Crippen LogP) is 2.31. The van der Waals surface area contributed by atoms with Gasteiger partial charge in [-0.1, -0.05) is 0 Å². The van der Waals surface area contributed by atoms with Crippen molar-refractivity contribution < 1.29 is 9.47 Å². The lowest BCUT2D eigenvalue weighted by Gasteiger charge is -2.31. The molecule has 0 N–H and O–H groups in total. The van der Waals surface area contributed by atoms with Crippen LogP contribution in [-0.4, -0.2) is 18.7 Å². The molecule has 3 rings (SSSR count). The normalized spacial score (nSPS) is 55.0. The SMILES string of the molecule is COC1(C)N=N[C@]2(CCC[C@@H]3C[C@H]32)O1. The van der Waals surface area contributed by atoms with Gasteiger partial charge in [-0.25, -0.2) is 0 Å². The molecular weight excluding hydrogens is 180 g/mol. The van der Waals surface area contributed by atoms with Crippen LogP contribution in [0.4, 0.5) is 0 Å². The lowest BCUT2D eigenvalue weighted by atomic mass is 9.92. The van der Waals surface area contributed by atoms with Gasteiger partial charge in [-0.2, -0.15) is 5.11 Å². The smallest absolute Gasteiger partial charge is 0.286 e. The van der Waals surface area contributed by atoms with Crippen LogP contribution in [0.3, 0.4) is 0 Å². The van der Waals surface area contributed by atoms with Gasteiger partial charge in [-0.15, -0.1) is 5.11 Å². The molecule has 14 heavy (non-hydrogen) atoms. The van der Waals surface area contributed by atoms with Gasteiger partial charge in [0.25, 0.3) is 5.91 Å². The Morgan fingerprint density at radius 3 is 3.00 bits per heavy atom. The Kier molecular flexibility index (Phi) is 1.60. The molecule has 3 aliphatic rings. The van der Waals surface area contributed by atoms with Crippen molar-refractivity contribution in [3.8, 4) is 0 Å². The second-order valence-corrected chi connectivity index (χ2v) is 4.74. The average Bonchev–Trinajstić information content (AvgIpc) is 2.90. The number of nitrogens with zero attached hydrogens (tertiary/aromatic N) is 2. The molecule has 2 fully saturated rings. The number of fused-ring (bicyclic) bond motifs is 2. The highest BCUT2D eigenvalue weighted by atomic mass is 16.7. The van der Waals surface area contributed by atoms with Crippen molar-refractivity contribution >= 4 is 0 Å². The second-order valence-electron chi connectivity index (χ2n) is 4.74. The number of ether oxygens (including phenoxy) is 2. The molecule has 0 saturated heterocycles. The maximum Gasteiger partial charge on any atom is 0.286 e. The Morgan fingerprint density at radius 1 is 1.43 bits per heavy atom. The monoisotopic (exact) mass is 196 g/mol. The molecule has 4 atom stereocenters. The zero-order valence-electron chi connectivity index (χ0n) is 8.69. The zero-order valence-corrected chi connectivity index (χ0v) is 8.69. The minimum atomic E-state index is -0.829. The van der Waals surface area contributed by atoms with E-state index < -0.39 is 5.91 Å². The third kappa shape index (κ3) is 1.07. The average molecular weight is 196 g/mol. The molecule has 0 aromatic carbocycles. The standard InChI is InChI=1S/C10H16N2O2/c1-9(13-2)11-12-10(14-9)5-3-4-7-6-8(7)10/h7-8H,3-6H2,1-2H3/t7-,8-,9?,10-/m1/s1. The molecule has 0 aromatic heterocycles. The van der Waals surface area contributed by atoms with Crippen molar-refractivity contribution in [2.45, 2.75) is 44.2 Å². The van der Waals surface area contributed by atoms with Crippen molar-refractivity contribution in [1.29, 1.82) is 0 Å². The molecular formula is C10H16N2O2. The van der Waals surface area contributed by atoms with Gasteiger partial charge in [-0.3, -0.25) is 4.74 Å². The molecule has 78 valence electrons. The van der Waals surface area contributed by atoms with Gasteiger partial charge in [-0.05, 0) is 31.6 Å².